The normalized spacial score (nSPS) is 11.5. The molecule has 134 valence electrons. The quantitative estimate of drug-likeness (QED) is 0.671. The van der Waals surface area contributed by atoms with Crippen LogP contribution in [0.4, 0.5) is 5.69 Å². The van der Waals surface area contributed by atoms with E-state index in [0.29, 0.717) is 12.2 Å². The number of hydrogen-bond donors (Lipinski definition) is 3. The van der Waals surface area contributed by atoms with Crippen molar-refractivity contribution in [3.05, 3.63) is 59.7 Å². The second kappa shape index (κ2) is 8.13. The van der Waals surface area contributed by atoms with E-state index in [1.54, 1.807) is 0 Å². The number of carboxylic acids is 1. The average Bonchev–Trinajstić information content (AvgIpc) is 2.59. The number of nitrogens with one attached hydrogen (secondary N) is 2. The predicted molar refractivity (Wildman–Crippen MR) is 97.2 cm³/mol. The van der Waals surface area contributed by atoms with E-state index in [1.165, 1.54) is 18.2 Å². The average molecular weight is 362 g/mol. The van der Waals surface area contributed by atoms with Crippen LogP contribution in [0.5, 0.6) is 0 Å². The summed E-state index contributed by atoms with van der Waals surface area (Å²) in [6.45, 7) is 4.49. The topological polar surface area (TPSA) is 95.5 Å². The summed E-state index contributed by atoms with van der Waals surface area (Å²) in [4.78, 5) is 11.1. The Morgan fingerprint density at radius 3 is 2.40 bits per heavy atom. The van der Waals surface area contributed by atoms with Crippen molar-refractivity contribution >= 4 is 21.7 Å². The molecule has 0 aliphatic heterocycles. The fourth-order valence-electron chi connectivity index (χ4n) is 2.17. The lowest BCUT2D eigenvalue weighted by atomic mass is 10.2. The summed E-state index contributed by atoms with van der Waals surface area (Å²) < 4.78 is 27.7. The monoisotopic (exact) mass is 362 g/mol. The molecule has 7 heteroatoms. The van der Waals surface area contributed by atoms with Crippen molar-refractivity contribution in [3.8, 4) is 0 Å². The fraction of sp³-hybridized carbons (Fsp3) is 0.278. The molecule has 0 bridgehead atoms. The van der Waals surface area contributed by atoms with Crippen LogP contribution >= 0.6 is 0 Å². The van der Waals surface area contributed by atoms with Gasteiger partial charge in [-0.1, -0.05) is 44.2 Å². The van der Waals surface area contributed by atoms with Gasteiger partial charge in [0.2, 0.25) is 10.0 Å². The van der Waals surface area contributed by atoms with Gasteiger partial charge < -0.3 is 10.4 Å². The van der Waals surface area contributed by atoms with E-state index >= 15 is 0 Å². The van der Waals surface area contributed by atoms with Gasteiger partial charge in [0.05, 0.1) is 11.3 Å². The van der Waals surface area contributed by atoms with Crippen LogP contribution in [-0.2, 0) is 16.6 Å². The molecular formula is C18H22N2O4S. The Morgan fingerprint density at radius 1 is 1.12 bits per heavy atom. The molecule has 0 atom stereocenters. The number of aromatic carboxylic acids is 1. The molecule has 3 N–H and O–H groups in total. The van der Waals surface area contributed by atoms with Crippen molar-refractivity contribution in [3.63, 3.8) is 0 Å². The van der Waals surface area contributed by atoms with Crippen LogP contribution in [0.1, 0.15) is 29.8 Å². The molecular weight excluding hydrogens is 340 g/mol. The maximum atomic E-state index is 12.6. The number of benzene rings is 2. The molecule has 0 aliphatic rings. The third-order valence-corrected chi connectivity index (χ3v) is 4.99. The highest BCUT2D eigenvalue weighted by Gasteiger charge is 2.21. The van der Waals surface area contributed by atoms with Crippen molar-refractivity contribution in [2.24, 2.45) is 5.92 Å². The molecule has 0 saturated carbocycles. The predicted octanol–water partition coefficient (Wildman–Crippen LogP) is 2.93. The van der Waals surface area contributed by atoms with Crippen molar-refractivity contribution in [2.45, 2.75) is 25.3 Å². The Bertz CT molecular complexity index is 833. The Kier molecular flexibility index (Phi) is 6.17. The molecule has 2 aromatic carbocycles. The van der Waals surface area contributed by atoms with Gasteiger partial charge in [-0.2, -0.15) is 0 Å². The van der Waals surface area contributed by atoms with Gasteiger partial charge in [-0.15, -0.1) is 0 Å². The Labute approximate surface area is 147 Å². The summed E-state index contributed by atoms with van der Waals surface area (Å²) in [5, 5.41) is 12.2. The highest BCUT2D eigenvalue weighted by Crippen LogP contribution is 2.24. The molecule has 6 nitrogen and oxygen atoms in total. The highest BCUT2D eigenvalue weighted by atomic mass is 32.2. The van der Waals surface area contributed by atoms with Crippen molar-refractivity contribution in [2.75, 3.05) is 11.9 Å². The minimum atomic E-state index is -3.82. The summed E-state index contributed by atoms with van der Waals surface area (Å²) in [6.07, 6.45) is 0. The van der Waals surface area contributed by atoms with Gasteiger partial charge in [0.25, 0.3) is 0 Å². The third kappa shape index (κ3) is 5.30. The summed E-state index contributed by atoms with van der Waals surface area (Å²) in [5.74, 6) is -1.03. The number of hydrogen-bond acceptors (Lipinski definition) is 4. The number of carbonyl (C=O) groups is 1. The first-order chi connectivity index (χ1) is 11.8. The van der Waals surface area contributed by atoms with Crippen molar-refractivity contribution in [1.29, 1.82) is 0 Å². The van der Waals surface area contributed by atoms with Gasteiger partial charge >= 0.3 is 5.97 Å². The highest BCUT2D eigenvalue weighted by molar-refractivity contribution is 7.89. The zero-order chi connectivity index (χ0) is 18.4. The van der Waals surface area contributed by atoms with Gasteiger partial charge in [0.15, 0.2) is 0 Å². The minimum Gasteiger partial charge on any atom is -0.478 e. The van der Waals surface area contributed by atoms with Crippen LogP contribution in [0.3, 0.4) is 0 Å². The third-order valence-electron chi connectivity index (χ3n) is 3.53. The van der Waals surface area contributed by atoms with E-state index in [2.05, 4.69) is 10.0 Å². The largest absolute Gasteiger partial charge is 0.478 e. The zero-order valence-corrected chi connectivity index (χ0v) is 15.0. The van der Waals surface area contributed by atoms with Crippen LogP contribution < -0.4 is 10.0 Å². The SMILES string of the molecule is CC(C)CNS(=O)(=O)c1cc(C(=O)O)ccc1NCc1ccccc1. The van der Waals surface area contributed by atoms with Crippen LogP contribution in [0.25, 0.3) is 0 Å². The first-order valence-corrected chi connectivity index (χ1v) is 9.42. The van der Waals surface area contributed by atoms with E-state index in [9.17, 15) is 13.2 Å². The number of anilines is 1. The standard InChI is InChI=1S/C18H22N2O4S/c1-13(2)11-20-25(23,24)17-10-15(18(21)22)8-9-16(17)19-12-14-6-4-3-5-7-14/h3-10,13,19-20H,11-12H2,1-2H3,(H,21,22). The molecule has 2 aromatic rings. The van der Waals surface area contributed by atoms with E-state index in [1.807, 2.05) is 44.2 Å². The molecule has 0 unspecified atom stereocenters. The number of rotatable bonds is 8. The van der Waals surface area contributed by atoms with E-state index in [4.69, 9.17) is 5.11 Å². The maximum absolute atomic E-state index is 12.6. The first-order valence-electron chi connectivity index (χ1n) is 7.94. The van der Waals surface area contributed by atoms with Gasteiger partial charge in [-0.3, -0.25) is 0 Å². The molecule has 0 heterocycles. The molecule has 0 aliphatic carbocycles. The molecule has 0 radical (unpaired) electrons. The lowest BCUT2D eigenvalue weighted by Gasteiger charge is -2.15. The summed E-state index contributed by atoms with van der Waals surface area (Å²) in [7, 11) is -3.82. The molecule has 0 aromatic heterocycles. The van der Waals surface area contributed by atoms with Gasteiger partial charge in [-0.25, -0.2) is 17.9 Å². The minimum absolute atomic E-state index is 0.0658. The van der Waals surface area contributed by atoms with Crippen LogP contribution in [-0.4, -0.2) is 26.0 Å². The van der Waals surface area contributed by atoms with Crippen molar-refractivity contribution < 1.29 is 18.3 Å². The summed E-state index contributed by atoms with van der Waals surface area (Å²) >= 11 is 0. The number of sulfonamides is 1. The fourth-order valence-corrected chi connectivity index (χ4v) is 3.59. The summed E-state index contributed by atoms with van der Waals surface area (Å²) in [6, 6.07) is 13.6. The Hall–Kier alpha value is -2.38. The maximum Gasteiger partial charge on any atom is 0.335 e. The second-order valence-electron chi connectivity index (χ2n) is 6.10. The second-order valence-corrected chi connectivity index (χ2v) is 7.84. The Morgan fingerprint density at radius 2 is 1.80 bits per heavy atom. The van der Waals surface area contributed by atoms with Crippen LogP contribution in [0.2, 0.25) is 0 Å². The molecule has 0 fully saturated rings. The first kappa shape index (κ1) is 19.0. The van der Waals surface area contributed by atoms with Gasteiger partial charge in [-0.05, 0) is 29.7 Å². The molecule has 2 rings (SSSR count). The van der Waals surface area contributed by atoms with Crippen LogP contribution in [0.15, 0.2) is 53.4 Å². The van der Waals surface area contributed by atoms with E-state index in [-0.39, 0.29) is 22.9 Å². The van der Waals surface area contributed by atoms with Crippen LogP contribution in [0, 0.1) is 5.92 Å². The van der Waals surface area contributed by atoms with E-state index < -0.39 is 16.0 Å². The van der Waals surface area contributed by atoms with Gasteiger partial charge in [0.1, 0.15) is 4.90 Å². The summed E-state index contributed by atoms with van der Waals surface area (Å²) in [5.41, 5.74) is 1.28. The molecule has 0 saturated heterocycles. The lowest BCUT2D eigenvalue weighted by Crippen LogP contribution is -2.28. The Balaban J connectivity index is 2.33. The molecule has 0 spiro atoms. The van der Waals surface area contributed by atoms with E-state index in [0.717, 1.165) is 5.56 Å². The molecule has 25 heavy (non-hydrogen) atoms. The lowest BCUT2D eigenvalue weighted by molar-refractivity contribution is 0.0696. The number of carboxylic acid groups (broad SMARTS) is 1. The molecule has 0 amide bonds. The van der Waals surface area contributed by atoms with Crippen molar-refractivity contribution in [1.82, 2.24) is 4.72 Å². The smallest absolute Gasteiger partial charge is 0.335 e. The zero-order valence-electron chi connectivity index (χ0n) is 14.2. The van der Waals surface area contributed by atoms with Gasteiger partial charge in [0, 0.05) is 13.1 Å².